The van der Waals surface area contributed by atoms with Crippen LogP contribution in [0, 0.1) is 0 Å². The van der Waals surface area contributed by atoms with Gasteiger partial charge in [-0.3, -0.25) is 0 Å². The van der Waals surface area contributed by atoms with Crippen molar-refractivity contribution >= 4 is 0 Å². The topological polar surface area (TPSA) is 34.4 Å². The Kier molecular flexibility index (Phi) is 4.42. The number of rotatable bonds is 6. The zero-order chi connectivity index (χ0) is 12.8. The highest BCUT2D eigenvalue weighted by atomic mass is 16.5. The molecule has 0 fully saturated rings. The average molecular weight is 245 g/mol. The minimum atomic E-state index is 0.387. The van der Waals surface area contributed by atoms with Crippen molar-refractivity contribution in [2.45, 2.75) is 25.9 Å². The SMILES string of the molecule is COc1ccc(CNC(C)Cc2ccco2)cc1. The smallest absolute Gasteiger partial charge is 0.118 e. The lowest BCUT2D eigenvalue weighted by molar-refractivity contribution is 0.414. The molecule has 1 unspecified atom stereocenters. The van der Waals surface area contributed by atoms with Crippen molar-refractivity contribution < 1.29 is 9.15 Å². The summed E-state index contributed by atoms with van der Waals surface area (Å²) >= 11 is 0. The molecule has 1 aromatic heterocycles. The molecule has 0 radical (unpaired) electrons. The Bertz CT molecular complexity index is 448. The van der Waals surface area contributed by atoms with E-state index in [-0.39, 0.29) is 0 Å². The quantitative estimate of drug-likeness (QED) is 0.849. The van der Waals surface area contributed by atoms with Crippen LogP contribution in [-0.4, -0.2) is 13.2 Å². The lowest BCUT2D eigenvalue weighted by atomic mass is 10.1. The van der Waals surface area contributed by atoms with E-state index < -0.39 is 0 Å². The Morgan fingerprint density at radius 1 is 1.22 bits per heavy atom. The van der Waals surface area contributed by atoms with E-state index in [1.54, 1.807) is 13.4 Å². The van der Waals surface area contributed by atoms with Crippen molar-refractivity contribution in [3.8, 4) is 5.75 Å². The molecule has 1 aromatic carbocycles. The zero-order valence-corrected chi connectivity index (χ0v) is 10.8. The molecular formula is C15H19NO2. The number of methoxy groups -OCH3 is 1. The number of furan rings is 1. The summed E-state index contributed by atoms with van der Waals surface area (Å²) in [5.74, 6) is 1.91. The molecule has 0 amide bonds. The van der Waals surface area contributed by atoms with Gasteiger partial charge in [0.2, 0.25) is 0 Å². The van der Waals surface area contributed by atoms with Crippen LogP contribution in [0.5, 0.6) is 5.75 Å². The van der Waals surface area contributed by atoms with Crippen molar-refractivity contribution in [3.63, 3.8) is 0 Å². The van der Waals surface area contributed by atoms with Crippen LogP contribution < -0.4 is 10.1 Å². The van der Waals surface area contributed by atoms with Gasteiger partial charge in [0.05, 0.1) is 13.4 Å². The van der Waals surface area contributed by atoms with Crippen LogP contribution in [0.4, 0.5) is 0 Å². The van der Waals surface area contributed by atoms with Gasteiger partial charge in [-0.15, -0.1) is 0 Å². The number of hydrogen-bond acceptors (Lipinski definition) is 3. The first-order valence-electron chi connectivity index (χ1n) is 6.16. The summed E-state index contributed by atoms with van der Waals surface area (Å²) in [6.07, 6.45) is 2.62. The predicted octanol–water partition coefficient (Wildman–Crippen LogP) is 3.01. The Labute approximate surface area is 108 Å². The van der Waals surface area contributed by atoms with Crippen LogP contribution in [0.1, 0.15) is 18.2 Å². The minimum absolute atomic E-state index is 0.387. The Morgan fingerprint density at radius 2 is 2.00 bits per heavy atom. The second-order valence-corrected chi connectivity index (χ2v) is 4.41. The van der Waals surface area contributed by atoms with Crippen molar-refractivity contribution in [2.24, 2.45) is 0 Å². The van der Waals surface area contributed by atoms with Gasteiger partial charge in [-0.2, -0.15) is 0 Å². The van der Waals surface area contributed by atoms with E-state index in [0.717, 1.165) is 24.5 Å². The van der Waals surface area contributed by atoms with Gasteiger partial charge >= 0.3 is 0 Å². The highest BCUT2D eigenvalue weighted by Crippen LogP contribution is 2.11. The monoisotopic (exact) mass is 245 g/mol. The molecule has 18 heavy (non-hydrogen) atoms. The van der Waals surface area contributed by atoms with Crippen LogP contribution in [0.25, 0.3) is 0 Å². The van der Waals surface area contributed by atoms with E-state index >= 15 is 0 Å². The molecule has 0 aliphatic rings. The maximum Gasteiger partial charge on any atom is 0.118 e. The first-order chi connectivity index (χ1) is 8.78. The Morgan fingerprint density at radius 3 is 2.61 bits per heavy atom. The summed E-state index contributed by atoms with van der Waals surface area (Å²) in [4.78, 5) is 0. The van der Waals surface area contributed by atoms with Crippen LogP contribution in [0.15, 0.2) is 47.1 Å². The molecule has 0 aliphatic heterocycles. The maximum absolute atomic E-state index is 5.33. The predicted molar refractivity (Wildman–Crippen MR) is 71.7 cm³/mol. The molecule has 2 aromatic rings. The minimum Gasteiger partial charge on any atom is -0.497 e. The van der Waals surface area contributed by atoms with Crippen LogP contribution in [-0.2, 0) is 13.0 Å². The Balaban J connectivity index is 1.79. The van der Waals surface area contributed by atoms with Gasteiger partial charge in [-0.1, -0.05) is 12.1 Å². The summed E-state index contributed by atoms with van der Waals surface area (Å²) in [5, 5.41) is 3.47. The molecular weight excluding hydrogens is 226 g/mol. The van der Waals surface area contributed by atoms with Gasteiger partial charge in [0, 0.05) is 19.0 Å². The molecule has 2 rings (SSSR count). The fourth-order valence-corrected chi connectivity index (χ4v) is 1.84. The standard InChI is InChI=1S/C15H19NO2/c1-12(10-15-4-3-9-18-15)16-11-13-5-7-14(17-2)8-6-13/h3-9,12,16H,10-11H2,1-2H3. The van der Waals surface area contributed by atoms with E-state index in [2.05, 4.69) is 24.4 Å². The lowest BCUT2D eigenvalue weighted by Crippen LogP contribution is -2.27. The molecule has 1 heterocycles. The highest BCUT2D eigenvalue weighted by Gasteiger charge is 2.05. The van der Waals surface area contributed by atoms with Crippen LogP contribution in [0.2, 0.25) is 0 Å². The first-order valence-corrected chi connectivity index (χ1v) is 6.16. The van der Waals surface area contributed by atoms with Gasteiger partial charge in [0.25, 0.3) is 0 Å². The van der Waals surface area contributed by atoms with E-state index in [4.69, 9.17) is 9.15 Å². The molecule has 96 valence electrons. The van der Waals surface area contributed by atoms with Crippen molar-refractivity contribution in [1.82, 2.24) is 5.32 Å². The molecule has 0 saturated carbocycles. The third-order valence-electron chi connectivity index (χ3n) is 2.90. The fraction of sp³-hybridized carbons (Fsp3) is 0.333. The molecule has 3 nitrogen and oxygen atoms in total. The molecule has 0 saturated heterocycles. The summed E-state index contributed by atoms with van der Waals surface area (Å²) in [5.41, 5.74) is 1.25. The van der Waals surface area contributed by atoms with Gasteiger partial charge in [-0.05, 0) is 36.8 Å². The molecule has 0 bridgehead atoms. The third-order valence-corrected chi connectivity index (χ3v) is 2.90. The summed E-state index contributed by atoms with van der Waals surface area (Å²) in [6.45, 7) is 3.01. The third kappa shape index (κ3) is 3.64. The number of hydrogen-bond donors (Lipinski definition) is 1. The zero-order valence-electron chi connectivity index (χ0n) is 10.8. The van der Waals surface area contributed by atoms with Crippen LogP contribution >= 0.6 is 0 Å². The van der Waals surface area contributed by atoms with E-state index in [0.29, 0.717) is 6.04 Å². The molecule has 0 aliphatic carbocycles. The second-order valence-electron chi connectivity index (χ2n) is 4.41. The molecule has 1 N–H and O–H groups in total. The summed E-state index contributed by atoms with van der Waals surface area (Å²) in [6, 6.07) is 12.4. The Hall–Kier alpha value is -1.74. The highest BCUT2D eigenvalue weighted by molar-refractivity contribution is 5.27. The number of nitrogens with one attached hydrogen (secondary N) is 1. The largest absolute Gasteiger partial charge is 0.497 e. The number of ether oxygens (including phenoxy) is 1. The van der Waals surface area contributed by atoms with Gasteiger partial charge in [0.1, 0.15) is 11.5 Å². The maximum atomic E-state index is 5.33. The van der Waals surface area contributed by atoms with E-state index in [1.807, 2.05) is 24.3 Å². The molecule has 3 heteroatoms. The molecule has 0 spiro atoms. The van der Waals surface area contributed by atoms with Gasteiger partial charge < -0.3 is 14.5 Å². The van der Waals surface area contributed by atoms with Crippen molar-refractivity contribution in [2.75, 3.05) is 7.11 Å². The normalized spacial score (nSPS) is 12.3. The van der Waals surface area contributed by atoms with E-state index in [1.165, 1.54) is 5.56 Å². The van der Waals surface area contributed by atoms with Gasteiger partial charge in [-0.25, -0.2) is 0 Å². The van der Waals surface area contributed by atoms with Crippen molar-refractivity contribution in [1.29, 1.82) is 0 Å². The fourth-order valence-electron chi connectivity index (χ4n) is 1.84. The lowest BCUT2D eigenvalue weighted by Gasteiger charge is -2.12. The first kappa shape index (κ1) is 12.7. The van der Waals surface area contributed by atoms with E-state index in [9.17, 15) is 0 Å². The van der Waals surface area contributed by atoms with Crippen LogP contribution in [0.3, 0.4) is 0 Å². The summed E-state index contributed by atoms with van der Waals surface area (Å²) < 4.78 is 10.5. The van der Waals surface area contributed by atoms with Crippen molar-refractivity contribution in [3.05, 3.63) is 54.0 Å². The average Bonchev–Trinajstić information content (AvgIpc) is 2.90. The molecule has 1 atom stereocenters. The van der Waals surface area contributed by atoms with Gasteiger partial charge in [0.15, 0.2) is 0 Å². The summed E-state index contributed by atoms with van der Waals surface area (Å²) in [7, 11) is 1.68. The number of benzene rings is 1. The second kappa shape index (κ2) is 6.26.